The van der Waals surface area contributed by atoms with Crippen molar-refractivity contribution < 1.29 is 19.0 Å². The number of hydrogen-bond donors (Lipinski definition) is 1. The number of carbonyl (C=O) groups excluding carboxylic acids is 1. The van der Waals surface area contributed by atoms with Crippen LogP contribution in [-0.4, -0.2) is 18.7 Å². The van der Waals surface area contributed by atoms with Crippen LogP contribution in [0.5, 0.6) is 5.75 Å². The largest absolute Gasteiger partial charge is 0.491 e. The Bertz CT molecular complexity index is 755. The SMILES string of the molecule is CCOC(=O)C1=C(C)OC(N)=C(C#N)C1c1ccc(OC(C)C)cc1. The van der Waals surface area contributed by atoms with Crippen LogP contribution in [0.25, 0.3) is 0 Å². The van der Waals surface area contributed by atoms with E-state index in [-0.39, 0.29) is 29.7 Å². The maximum atomic E-state index is 12.4. The first-order chi connectivity index (χ1) is 11.9. The summed E-state index contributed by atoms with van der Waals surface area (Å²) in [7, 11) is 0. The average Bonchev–Trinajstić information content (AvgIpc) is 2.54. The Morgan fingerprint density at radius 2 is 2.00 bits per heavy atom. The summed E-state index contributed by atoms with van der Waals surface area (Å²) in [5, 5.41) is 9.52. The zero-order chi connectivity index (χ0) is 18.6. The Morgan fingerprint density at radius 1 is 1.36 bits per heavy atom. The Hall–Kier alpha value is -2.94. The second-order valence-electron chi connectivity index (χ2n) is 5.85. The van der Waals surface area contributed by atoms with Crippen molar-refractivity contribution in [3.8, 4) is 11.8 Å². The summed E-state index contributed by atoms with van der Waals surface area (Å²) in [4.78, 5) is 12.4. The molecule has 0 saturated heterocycles. The number of allylic oxidation sites excluding steroid dienone is 2. The van der Waals surface area contributed by atoms with Crippen LogP contribution >= 0.6 is 0 Å². The number of hydrogen-bond acceptors (Lipinski definition) is 6. The molecule has 25 heavy (non-hydrogen) atoms. The van der Waals surface area contributed by atoms with Crippen molar-refractivity contribution in [2.45, 2.75) is 39.7 Å². The van der Waals surface area contributed by atoms with E-state index >= 15 is 0 Å². The molecule has 1 atom stereocenters. The van der Waals surface area contributed by atoms with Gasteiger partial charge in [0.1, 0.15) is 23.2 Å². The van der Waals surface area contributed by atoms with E-state index < -0.39 is 11.9 Å². The van der Waals surface area contributed by atoms with E-state index in [1.807, 2.05) is 26.0 Å². The van der Waals surface area contributed by atoms with Gasteiger partial charge in [-0.2, -0.15) is 5.26 Å². The second-order valence-corrected chi connectivity index (χ2v) is 5.85. The third-order valence-electron chi connectivity index (χ3n) is 3.69. The molecule has 2 rings (SSSR count). The first-order valence-corrected chi connectivity index (χ1v) is 8.11. The molecule has 0 saturated carbocycles. The molecule has 1 aliphatic heterocycles. The molecule has 0 amide bonds. The Balaban J connectivity index is 2.49. The number of rotatable bonds is 5. The van der Waals surface area contributed by atoms with Crippen molar-refractivity contribution in [1.82, 2.24) is 0 Å². The molecule has 0 aliphatic carbocycles. The predicted molar refractivity (Wildman–Crippen MR) is 92.2 cm³/mol. The topological polar surface area (TPSA) is 94.6 Å². The van der Waals surface area contributed by atoms with Crippen molar-refractivity contribution in [2.24, 2.45) is 5.73 Å². The maximum absolute atomic E-state index is 12.4. The molecule has 1 unspecified atom stereocenters. The van der Waals surface area contributed by atoms with E-state index in [0.717, 1.165) is 5.56 Å². The van der Waals surface area contributed by atoms with Gasteiger partial charge in [-0.25, -0.2) is 4.79 Å². The molecule has 0 bridgehead atoms. The van der Waals surface area contributed by atoms with Gasteiger partial charge in [0.25, 0.3) is 0 Å². The van der Waals surface area contributed by atoms with Crippen molar-refractivity contribution in [3.05, 3.63) is 52.6 Å². The smallest absolute Gasteiger partial charge is 0.338 e. The monoisotopic (exact) mass is 342 g/mol. The van der Waals surface area contributed by atoms with Crippen LogP contribution in [0.15, 0.2) is 47.1 Å². The number of ether oxygens (including phenoxy) is 3. The second kappa shape index (κ2) is 7.75. The van der Waals surface area contributed by atoms with E-state index in [4.69, 9.17) is 19.9 Å². The van der Waals surface area contributed by atoms with Gasteiger partial charge >= 0.3 is 5.97 Å². The van der Waals surface area contributed by atoms with E-state index in [1.54, 1.807) is 26.0 Å². The first-order valence-electron chi connectivity index (χ1n) is 8.11. The third kappa shape index (κ3) is 3.94. The normalized spacial score (nSPS) is 17.2. The molecule has 0 radical (unpaired) electrons. The van der Waals surface area contributed by atoms with Gasteiger partial charge < -0.3 is 19.9 Å². The van der Waals surface area contributed by atoms with Gasteiger partial charge in [0.2, 0.25) is 5.88 Å². The molecular weight excluding hydrogens is 320 g/mol. The summed E-state index contributed by atoms with van der Waals surface area (Å²) < 4.78 is 16.2. The number of carbonyl (C=O) groups is 1. The van der Waals surface area contributed by atoms with Crippen molar-refractivity contribution in [3.63, 3.8) is 0 Å². The predicted octanol–water partition coefficient (Wildman–Crippen LogP) is 3.12. The van der Waals surface area contributed by atoms with E-state index in [0.29, 0.717) is 11.5 Å². The summed E-state index contributed by atoms with van der Waals surface area (Å²) >= 11 is 0. The highest BCUT2D eigenvalue weighted by atomic mass is 16.5. The van der Waals surface area contributed by atoms with Crippen LogP contribution in [0.4, 0.5) is 0 Å². The van der Waals surface area contributed by atoms with Gasteiger partial charge in [0, 0.05) is 0 Å². The maximum Gasteiger partial charge on any atom is 0.338 e. The Morgan fingerprint density at radius 3 is 2.52 bits per heavy atom. The molecule has 1 heterocycles. The van der Waals surface area contributed by atoms with Crippen molar-refractivity contribution in [2.75, 3.05) is 6.61 Å². The van der Waals surface area contributed by atoms with E-state index in [1.165, 1.54) is 0 Å². The van der Waals surface area contributed by atoms with Crippen LogP contribution in [0.1, 0.15) is 39.2 Å². The average molecular weight is 342 g/mol. The molecule has 6 nitrogen and oxygen atoms in total. The summed E-state index contributed by atoms with van der Waals surface area (Å²) in [6, 6.07) is 9.27. The van der Waals surface area contributed by atoms with Crippen LogP contribution in [-0.2, 0) is 14.3 Å². The Kier molecular flexibility index (Phi) is 5.71. The first kappa shape index (κ1) is 18.4. The van der Waals surface area contributed by atoms with Crippen LogP contribution in [0, 0.1) is 11.3 Å². The number of benzene rings is 1. The molecule has 1 aromatic carbocycles. The molecule has 132 valence electrons. The van der Waals surface area contributed by atoms with Gasteiger partial charge in [-0.1, -0.05) is 12.1 Å². The highest BCUT2D eigenvalue weighted by Gasteiger charge is 2.36. The molecule has 0 fully saturated rings. The number of nitriles is 1. The highest BCUT2D eigenvalue weighted by Crippen LogP contribution is 2.39. The van der Waals surface area contributed by atoms with Gasteiger partial charge in [0.15, 0.2) is 0 Å². The quantitative estimate of drug-likeness (QED) is 0.826. The molecular formula is C19H22N2O4. The minimum absolute atomic E-state index is 0.000514. The highest BCUT2D eigenvalue weighted by molar-refractivity contribution is 5.92. The summed E-state index contributed by atoms with van der Waals surface area (Å²) in [5.41, 5.74) is 7.07. The van der Waals surface area contributed by atoms with Crippen LogP contribution in [0.2, 0.25) is 0 Å². The minimum Gasteiger partial charge on any atom is -0.491 e. The van der Waals surface area contributed by atoms with Crippen molar-refractivity contribution in [1.29, 1.82) is 5.26 Å². The van der Waals surface area contributed by atoms with Gasteiger partial charge in [-0.3, -0.25) is 0 Å². The minimum atomic E-state index is -0.633. The van der Waals surface area contributed by atoms with Gasteiger partial charge in [-0.15, -0.1) is 0 Å². The fourth-order valence-corrected chi connectivity index (χ4v) is 2.70. The Labute approximate surface area is 147 Å². The molecule has 1 aromatic rings. The van der Waals surface area contributed by atoms with E-state index in [2.05, 4.69) is 6.07 Å². The standard InChI is InChI=1S/C19H22N2O4/c1-5-23-19(22)16-12(4)25-18(21)15(10-20)17(16)13-6-8-14(9-7-13)24-11(2)3/h6-9,11,17H,5,21H2,1-4H3. The third-order valence-corrected chi connectivity index (χ3v) is 3.69. The van der Waals surface area contributed by atoms with E-state index in [9.17, 15) is 10.1 Å². The summed E-state index contributed by atoms with van der Waals surface area (Å²) in [5.74, 6) is -0.110. The zero-order valence-corrected chi connectivity index (χ0v) is 14.8. The molecule has 6 heteroatoms. The van der Waals surface area contributed by atoms with Crippen molar-refractivity contribution >= 4 is 5.97 Å². The summed E-state index contributed by atoms with van der Waals surface area (Å²) in [6.07, 6.45) is 0.0522. The van der Waals surface area contributed by atoms with Gasteiger partial charge in [-0.05, 0) is 45.4 Å². The molecule has 0 spiro atoms. The number of nitrogens with two attached hydrogens (primary N) is 1. The lowest BCUT2D eigenvalue weighted by Crippen LogP contribution is -2.25. The summed E-state index contributed by atoms with van der Waals surface area (Å²) in [6.45, 7) is 7.46. The fourth-order valence-electron chi connectivity index (χ4n) is 2.70. The number of nitrogens with zero attached hydrogens (tertiary/aromatic N) is 1. The lowest BCUT2D eigenvalue weighted by molar-refractivity contribution is -0.139. The zero-order valence-electron chi connectivity index (χ0n) is 14.8. The fraction of sp³-hybridized carbons (Fsp3) is 0.368. The molecule has 1 aliphatic rings. The number of esters is 1. The van der Waals surface area contributed by atoms with Crippen LogP contribution in [0.3, 0.4) is 0 Å². The van der Waals surface area contributed by atoms with Gasteiger partial charge in [0.05, 0.1) is 24.2 Å². The molecule has 0 aromatic heterocycles. The lowest BCUT2D eigenvalue weighted by atomic mass is 9.83. The lowest BCUT2D eigenvalue weighted by Gasteiger charge is -2.27. The molecule has 2 N–H and O–H groups in total. The van der Waals surface area contributed by atoms with Crippen LogP contribution < -0.4 is 10.5 Å².